The molecule has 0 unspecified atom stereocenters. The van der Waals surface area contributed by atoms with Crippen molar-refractivity contribution in [2.24, 2.45) is 7.05 Å². The second-order valence-corrected chi connectivity index (χ2v) is 2.31. The monoisotopic (exact) mass is 134 g/mol. The third kappa shape index (κ3) is 0.801. The number of aromatic nitrogens is 2. The van der Waals surface area contributed by atoms with Gasteiger partial charge in [-0.2, -0.15) is 5.10 Å². The summed E-state index contributed by atoms with van der Waals surface area (Å²) in [5.41, 5.74) is 2.91. The summed E-state index contributed by atoms with van der Waals surface area (Å²) in [7, 11) is 1.89. The van der Waals surface area contributed by atoms with E-state index in [2.05, 4.69) is 11.0 Å². The normalized spacial score (nSPS) is 9.40. The van der Waals surface area contributed by atoms with Gasteiger partial charge >= 0.3 is 0 Å². The molecule has 0 amide bonds. The second-order valence-electron chi connectivity index (χ2n) is 2.31. The highest BCUT2D eigenvalue weighted by molar-refractivity contribution is 5.39. The van der Waals surface area contributed by atoms with E-state index in [1.54, 1.807) is 4.68 Å². The molecular weight excluding hydrogens is 124 g/mol. The van der Waals surface area contributed by atoms with Crippen molar-refractivity contribution in [3.05, 3.63) is 17.0 Å². The zero-order chi connectivity index (χ0) is 7.72. The Kier molecular flexibility index (Phi) is 1.50. The average Bonchev–Trinajstić information content (AvgIpc) is 2.09. The third-order valence-corrected chi connectivity index (χ3v) is 1.65. The minimum Gasteiger partial charge on any atom is -0.271 e. The summed E-state index contributed by atoms with van der Waals surface area (Å²) in [6.45, 7) is 3.89. The Labute approximate surface area is 60.9 Å². The fraction of sp³-hybridized carbons (Fsp3) is 0.375. The van der Waals surface area contributed by atoms with Crippen LogP contribution in [-0.4, -0.2) is 9.78 Å². The van der Waals surface area contributed by atoms with Crippen molar-refractivity contribution in [2.45, 2.75) is 13.8 Å². The van der Waals surface area contributed by atoms with Crippen molar-refractivity contribution in [2.75, 3.05) is 0 Å². The van der Waals surface area contributed by atoms with Gasteiger partial charge < -0.3 is 0 Å². The van der Waals surface area contributed by atoms with Crippen molar-refractivity contribution < 1.29 is 0 Å². The Hall–Kier alpha value is -1.23. The summed E-state index contributed by atoms with van der Waals surface area (Å²) in [5.74, 6) is 2.60. The molecule has 0 aliphatic carbocycles. The van der Waals surface area contributed by atoms with Crippen LogP contribution in [0.15, 0.2) is 0 Å². The van der Waals surface area contributed by atoms with Gasteiger partial charge in [0.05, 0.1) is 17.0 Å². The van der Waals surface area contributed by atoms with Gasteiger partial charge in [0.2, 0.25) is 0 Å². The highest BCUT2D eigenvalue weighted by atomic mass is 15.3. The van der Waals surface area contributed by atoms with E-state index in [9.17, 15) is 0 Å². The van der Waals surface area contributed by atoms with Gasteiger partial charge in [-0.25, -0.2) is 0 Å². The van der Waals surface area contributed by atoms with E-state index in [0.717, 1.165) is 17.0 Å². The lowest BCUT2D eigenvalue weighted by Gasteiger charge is -1.90. The van der Waals surface area contributed by atoms with E-state index in [4.69, 9.17) is 6.42 Å². The van der Waals surface area contributed by atoms with E-state index in [0.29, 0.717) is 0 Å². The summed E-state index contributed by atoms with van der Waals surface area (Å²) in [4.78, 5) is 0. The predicted molar refractivity (Wildman–Crippen MR) is 40.6 cm³/mol. The topological polar surface area (TPSA) is 17.8 Å². The van der Waals surface area contributed by atoms with Crippen molar-refractivity contribution in [3.63, 3.8) is 0 Å². The van der Waals surface area contributed by atoms with Crippen molar-refractivity contribution in [1.82, 2.24) is 9.78 Å². The highest BCUT2D eigenvalue weighted by Gasteiger charge is 2.04. The van der Waals surface area contributed by atoms with Crippen LogP contribution in [0.4, 0.5) is 0 Å². The van der Waals surface area contributed by atoms with E-state index in [1.807, 2.05) is 20.9 Å². The van der Waals surface area contributed by atoms with Crippen molar-refractivity contribution in [3.8, 4) is 12.3 Å². The maximum Gasteiger partial charge on any atom is 0.0752 e. The molecule has 52 valence electrons. The van der Waals surface area contributed by atoms with Crippen LogP contribution in [0, 0.1) is 26.2 Å². The van der Waals surface area contributed by atoms with Crippen LogP contribution in [0.1, 0.15) is 17.0 Å². The van der Waals surface area contributed by atoms with Crippen LogP contribution in [0.5, 0.6) is 0 Å². The van der Waals surface area contributed by atoms with Gasteiger partial charge in [0.25, 0.3) is 0 Å². The molecule has 2 nitrogen and oxygen atoms in total. The Morgan fingerprint density at radius 1 is 1.50 bits per heavy atom. The highest BCUT2D eigenvalue weighted by Crippen LogP contribution is 2.08. The predicted octanol–water partition coefficient (Wildman–Crippen LogP) is 1.02. The molecule has 1 aromatic rings. The SMILES string of the molecule is C#Cc1c(C)nn(C)c1C. The Morgan fingerprint density at radius 2 is 2.10 bits per heavy atom. The zero-order valence-electron chi connectivity index (χ0n) is 6.47. The summed E-state index contributed by atoms with van der Waals surface area (Å²) in [6.07, 6.45) is 5.26. The molecule has 0 aliphatic heterocycles. The Balaban J connectivity index is 3.37. The van der Waals surface area contributed by atoms with Crippen LogP contribution in [0.2, 0.25) is 0 Å². The maximum atomic E-state index is 5.26. The van der Waals surface area contributed by atoms with Crippen LogP contribution >= 0.6 is 0 Å². The molecule has 0 N–H and O–H groups in total. The van der Waals surface area contributed by atoms with E-state index in [1.165, 1.54) is 0 Å². The van der Waals surface area contributed by atoms with Crippen molar-refractivity contribution >= 4 is 0 Å². The lowest BCUT2D eigenvalue weighted by atomic mass is 10.2. The minimum atomic E-state index is 0.919. The van der Waals surface area contributed by atoms with Gasteiger partial charge in [0.1, 0.15) is 0 Å². The summed E-state index contributed by atoms with van der Waals surface area (Å²) < 4.78 is 1.80. The average molecular weight is 134 g/mol. The second kappa shape index (κ2) is 2.18. The van der Waals surface area contributed by atoms with Gasteiger partial charge in [-0.3, -0.25) is 4.68 Å². The van der Waals surface area contributed by atoms with Crippen LogP contribution in [0.3, 0.4) is 0 Å². The van der Waals surface area contributed by atoms with E-state index < -0.39 is 0 Å². The molecule has 1 heterocycles. The van der Waals surface area contributed by atoms with Gasteiger partial charge in [-0.05, 0) is 13.8 Å². The molecule has 1 aromatic heterocycles. The van der Waals surface area contributed by atoms with Crippen LogP contribution in [0.25, 0.3) is 0 Å². The van der Waals surface area contributed by atoms with E-state index >= 15 is 0 Å². The third-order valence-electron chi connectivity index (χ3n) is 1.65. The molecule has 0 spiro atoms. The zero-order valence-corrected chi connectivity index (χ0v) is 6.47. The lowest BCUT2D eigenvalue weighted by molar-refractivity contribution is 0.731. The molecule has 10 heavy (non-hydrogen) atoms. The van der Waals surface area contributed by atoms with Crippen LogP contribution < -0.4 is 0 Å². The number of hydrogen-bond donors (Lipinski definition) is 0. The molecule has 1 rings (SSSR count). The maximum absolute atomic E-state index is 5.26. The molecule has 0 radical (unpaired) electrons. The first-order valence-electron chi connectivity index (χ1n) is 3.13. The molecule has 0 bridgehead atoms. The minimum absolute atomic E-state index is 0.919. The number of nitrogens with zero attached hydrogens (tertiary/aromatic N) is 2. The Morgan fingerprint density at radius 3 is 2.30 bits per heavy atom. The number of aryl methyl sites for hydroxylation is 2. The molecule has 0 atom stereocenters. The van der Waals surface area contributed by atoms with Gasteiger partial charge in [-0.1, -0.05) is 5.92 Å². The molecule has 0 aromatic carbocycles. The quantitative estimate of drug-likeness (QED) is 0.484. The summed E-state index contributed by atoms with van der Waals surface area (Å²) in [5, 5.41) is 4.16. The first-order chi connectivity index (χ1) is 4.66. The molecular formula is C8H10N2. The first kappa shape index (κ1) is 6.88. The molecule has 0 aliphatic rings. The lowest BCUT2D eigenvalue weighted by Crippen LogP contribution is -1.92. The fourth-order valence-electron chi connectivity index (χ4n) is 0.982. The largest absolute Gasteiger partial charge is 0.271 e. The first-order valence-corrected chi connectivity index (χ1v) is 3.13. The number of hydrogen-bond acceptors (Lipinski definition) is 1. The van der Waals surface area contributed by atoms with Gasteiger partial charge in [-0.15, -0.1) is 6.42 Å². The summed E-state index contributed by atoms with van der Waals surface area (Å²) >= 11 is 0. The van der Waals surface area contributed by atoms with Gasteiger partial charge in [0, 0.05) is 7.05 Å². The standard InChI is InChI=1S/C8H10N2/c1-5-8-6(2)9-10(4)7(8)3/h1H,2-4H3. The fourth-order valence-corrected chi connectivity index (χ4v) is 0.982. The smallest absolute Gasteiger partial charge is 0.0752 e. The number of terminal acetylenes is 1. The molecule has 0 saturated carbocycles. The molecule has 0 saturated heterocycles. The van der Waals surface area contributed by atoms with E-state index in [-0.39, 0.29) is 0 Å². The van der Waals surface area contributed by atoms with Crippen molar-refractivity contribution in [1.29, 1.82) is 0 Å². The number of rotatable bonds is 0. The van der Waals surface area contributed by atoms with Gasteiger partial charge in [0.15, 0.2) is 0 Å². The Bertz CT molecular complexity index is 289. The summed E-state index contributed by atoms with van der Waals surface area (Å²) in [6, 6.07) is 0. The molecule has 2 heteroatoms. The van der Waals surface area contributed by atoms with Crippen LogP contribution in [-0.2, 0) is 7.05 Å². The molecule has 0 fully saturated rings.